The topological polar surface area (TPSA) is 38.3 Å². The van der Waals surface area contributed by atoms with Crippen LogP contribution >= 0.6 is 11.6 Å². The fraction of sp³-hybridized carbons (Fsp3) is 0.250. The Morgan fingerprint density at radius 1 is 1.30 bits per heavy atom. The van der Waals surface area contributed by atoms with Gasteiger partial charge in [-0.2, -0.15) is 0 Å². The van der Waals surface area contributed by atoms with Crippen LogP contribution in [0.25, 0.3) is 11.0 Å². The standard InChI is InChI=1S/C16H16ClNO2/c1-3-18-14(15-10(2)7-8-19-15)13-9-11-5-4-6-12(17)16(11)20-13/h4-9,14,18H,3H2,1-2H3. The van der Waals surface area contributed by atoms with E-state index in [2.05, 4.69) is 12.2 Å². The van der Waals surface area contributed by atoms with E-state index in [1.165, 1.54) is 0 Å². The summed E-state index contributed by atoms with van der Waals surface area (Å²) in [7, 11) is 0. The first-order chi connectivity index (χ1) is 9.70. The molecule has 3 aromatic rings. The van der Waals surface area contributed by atoms with Gasteiger partial charge in [0.05, 0.1) is 11.3 Å². The molecule has 0 spiro atoms. The molecule has 0 radical (unpaired) electrons. The van der Waals surface area contributed by atoms with E-state index in [0.29, 0.717) is 5.02 Å². The summed E-state index contributed by atoms with van der Waals surface area (Å²) in [4.78, 5) is 0. The first kappa shape index (κ1) is 13.3. The molecule has 0 fully saturated rings. The predicted molar refractivity (Wildman–Crippen MR) is 80.2 cm³/mol. The van der Waals surface area contributed by atoms with Gasteiger partial charge in [0.25, 0.3) is 0 Å². The van der Waals surface area contributed by atoms with Crippen molar-refractivity contribution in [2.24, 2.45) is 0 Å². The average molecular weight is 290 g/mol. The Kier molecular flexibility index (Phi) is 3.55. The lowest BCUT2D eigenvalue weighted by atomic mass is 10.1. The number of hydrogen-bond acceptors (Lipinski definition) is 3. The number of hydrogen-bond donors (Lipinski definition) is 1. The molecule has 4 heteroatoms. The second kappa shape index (κ2) is 5.35. The summed E-state index contributed by atoms with van der Waals surface area (Å²) in [6, 6.07) is 9.61. The number of halogens is 1. The van der Waals surface area contributed by atoms with Gasteiger partial charge < -0.3 is 14.2 Å². The second-order valence-electron chi connectivity index (χ2n) is 4.77. The predicted octanol–water partition coefficient (Wildman–Crippen LogP) is 4.69. The fourth-order valence-electron chi connectivity index (χ4n) is 2.40. The van der Waals surface area contributed by atoms with Gasteiger partial charge >= 0.3 is 0 Å². The van der Waals surface area contributed by atoms with Crippen molar-refractivity contribution in [3.63, 3.8) is 0 Å². The number of furan rings is 2. The fourth-order valence-corrected chi connectivity index (χ4v) is 2.62. The third-order valence-electron chi connectivity index (χ3n) is 3.37. The van der Waals surface area contributed by atoms with Crippen LogP contribution in [-0.4, -0.2) is 6.54 Å². The third-order valence-corrected chi connectivity index (χ3v) is 3.67. The van der Waals surface area contributed by atoms with Gasteiger partial charge in [0, 0.05) is 5.39 Å². The summed E-state index contributed by atoms with van der Waals surface area (Å²) < 4.78 is 11.5. The van der Waals surface area contributed by atoms with Gasteiger partial charge in [-0.25, -0.2) is 0 Å². The molecule has 0 saturated carbocycles. The van der Waals surface area contributed by atoms with Crippen molar-refractivity contribution >= 4 is 22.6 Å². The highest BCUT2D eigenvalue weighted by Gasteiger charge is 2.22. The highest BCUT2D eigenvalue weighted by atomic mass is 35.5. The molecule has 3 rings (SSSR count). The Bertz CT molecular complexity index is 729. The molecule has 2 heterocycles. The zero-order chi connectivity index (χ0) is 14.1. The lowest BCUT2D eigenvalue weighted by Crippen LogP contribution is -2.21. The third kappa shape index (κ3) is 2.23. The lowest BCUT2D eigenvalue weighted by Gasteiger charge is -2.13. The quantitative estimate of drug-likeness (QED) is 0.757. The molecule has 0 aliphatic carbocycles. The van der Waals surface area contributed by atoms with Gasteiger partial charge in [-0.15, -0.1) is 0 Å². The minimum atomic E-state index is -0.0986. The van der Waals surface area contributed by atoms with Gasteiger partial charge in [-0.3, -0.25) is 0 Å². The molecule has 104 valence electrons. The maximum Gasteiger partial charge on any atom is 0.152 e. The maximum absolute atomic E-state index is 6.17. The average Bonchev–Trinajstić information content (AvgIpc) is 3.03. The van der Waals surface area contributed by atoms with E-state index in [1.807, 2.05) is 37.3 Å². The van der Waals surface area contributed by atoms with E-state index < -0.39 is 0 Å². The van der Waals surface area contributed by atoms with Crippen LogP contribution in [0.2, 0.25) is 5.02 Å². The number of fused-ring (bicyclic) bond motifs is 1. The molecule has 0 aliphatic rings. The Hall–Kier alpha value is -1.71. The van der Waals surface area contributed by atoms with Crippen LogP contribution in [0.1, 0.15) is 30.0 Å². The largest absolute Gasteiger partial charge is 0.467 e. The van der Waals surface area contributed by atoms with Gasteiger partial charge in [-0.05, 0) is 37.2 Å². The Balaban J connectivity index is 2.10. The number of benzene rings is 1. The van der Waals surface area contributed by atoms with Gasteiger partial charge in [0.2, 0.25) is 0 Å². The molecule has 1 N–H and O–H groups in total. The Morgan fingerprint density at radius 3 is 2.80 bits per heavy atom. The van der Waals surface area contributed by atoms with E-state index in [1.54, 1.807) is 6.26 Å². The first-order valence-electron chi connectivity index (χ1n) is 6.66. The molecular formula is C16H16ClNO2. The molecule has 2 aromatic heterocycles. The minimum Gasteiger partial charge on any atom is -0.467 e. The summed E-state index contributed by atoms with van der Waals surface area (Å²) in [5.41, 5.74) is 1.82. The maximum atomic E-state index is 6.17. The molecule has 3 nitrogen and oxygen atoms in total. The summed E-state index contributed by atoms with van der Waals surface area (Å²) in [5, 5.41) is 5.02. The molecule has 0 bridgehead atoms. The van der Waals surface area contributed by atoms with Crippen LogP contribution in [-0.2, 0) is 0 Å². The summed E-state index contributed by atoms with van der Waals surface area (Å²) in [5.74, 6) is 1.69. The van der Waals surface area contributed by atoms with E-state index in [4.69, 9.17) is 20.4 Å². The summed E-state index contributed by atoms with van der Waals surface area (Å²) in [6.07, 6.45) is 1.70. The van der Waals surface area contributed by atoms with Crippen LogP contribution in [0.4, 0.5) is 0 Å². The van der Waals surface area contributed by atoms with Gasteiger partial charge in [0.1, 0.15) is 17.6 Å². The van der Waals surface area contributed by atoms with Crippen molar-refractivity contribution in [1.29, 1.82) is 0 Å². The van der Waals surface area contributed by atoms with Crippen LogP contribution in [0.5, 0.6) is 0 Å². The zero-order valence-corrected chi connectivity index (χ0v) is 12.2. The van der Waals surface area contributed by atoms with E-state index >= 15 is 0 Å². The monoisotopic (exact) mass is 289 g/mol. The number of aryl methyl sites for hydroxylation is 1. The van der Waals surface area contributed by atoms with Gasteiger partial charge in [0.15, 0.2) is 5.58 Å². The first-order valence-corrected chi connectivity index (χ1v) is 7.04. The molecule has 20 heavy (non-hydrogen) atoms. The van der Waals surface area contributed by atoms with Crippen LogP contribution in [0.15, 0.2) is 45.4 Å². The SMILES string of the molecule is CCNC(c1cc2cccc(Cl)c2o1)c1occc1C. The van der Waals surface area contributed by atoms with Crippen LogP contribution in [0, 0.1) is 6.92 Å². The number of nitrogens with one attached hydrogen (secondary N) is 1. The molecule has 0 amide bonds. The van der Waals surface area contributed by atoms with Crippen molar-refractivity contribution in [2.45, 2.75) is 19.9 Å². The normalized spacial score (nSPS) is 12.9. The second-order valence-corrected chi connectivity index (χ2v) is 5.17. The molecule has 1 aromatic carbocycles. The summed E-state index contributed by atoms with van der Waals surface area (Å²) >= 11 is 6.17. The molecule has 1 atom stereocenters. The highest BCUT2D eigenvalue weighted by molar-refractivity contribution is 6.34. The Labute approximate surface area is 122 Å². The molecule has 0 aliphatic heterocycles. The minimum absolute atomic E-state index is 0.0986. The van der Waals surface area contributed by atoms with Crippen molar-refractivity contribution in [3.8, 4) is 0 Å². The zero-order valence-electron chi connectivity index (χ0n) is 11.4. The number of para-hydroxylation sites is 1. The van der Waals surface area contributed by atoms with Crippen molar-refractivity contribution in [3.05, 3.63) is 58.7 Å². The lowest BCUT2D eigenvalue weighted by molar-refractivity contribution is 0.402. The van der Waals surface area contributed by atoms with Crippen LogP contribution < -0.4 is 5.32 Å². The molecule has 0 saturated heterocycles. The van der Waals surface area contributed by atoms with Crippen molar-refractivity contribution < 1.29 is 8.83 Å². The van der Waals surface area contributed by atoms with Gasteiger partial charge in [-0.1, -0.05) is 30.7 Å². The molecular weight excluding hydrogens is 274 g/mol. The highest BCUT2D eigenvalue weighted by Crippen LogP contribution is 2.33. The van der Waals surface area contributed by atoms with Crippen molar-refractivity contribution in [2.75, 3.05) is 6.54 Å². The summed E-state index contributed by atoms with van der Waals surface area (Å²) in [6.45, 7) is 4.90. The van der Waals surface area contributed by atoms with Crippen LogP contribution in [0.3, 0.4) is 0 Å². The molecule has 1 unspecified atom stereocenters. The number of rotatable bonds is 4. The van der Waals surface area contributed by atoms with E-state index in [-0.39, 0.29) is 6.04 Å². The Morgan fingerprint density at radius 2 is 2.15 bits per heavy atom. The van der Waals surface area contributed by atoms with E-state index in [9.17, 15) is 0 Å². The van der Waals surface area contributed by atoms with Crippen molar-refractivity contribution in [1.82, 2.24) is 5.32 Å². The smallest absolute Gasteiger partial charge is 0.152 e. The van der Waals surface area contributed by atoms with E-state index in [0.717, 1.165) is 34.6 Å².